The second-order valence-corrected chi connectivity index (χ2v) is 7.11. The molecule has 4 nitrogen and oxygen atoms in total. The van der Waals surface area contributed by atoms with Crippen LogP contribution in [0.25, 0.3) is 0 Å². The third-order valence-corrected chi connectivity index (χ3v) is 5.28. The highest BCUT2D eigenvalue weighted by molar-refractivity contribution is 9.10. The van der Waals surface area contributed by atoms with Crippen LogP contribution in [0.2, 0.25) is 0 Å². The van der Waals surface area contributed by atoms with E-state index in [1.807, 2.05) is 0 Å². The molecule has 2 atom stereocenters. The van der Waals surface area contributed by atoms with E-state index in [1.54, 1.807) is 11.0 Å². The number of likely N-dealkylation sites (tertiary alicyclic amines) is 1. The SMILES string of the molecule is O=C1CCN(C(=O)c2cc(Br)ccc2OC(F)F)[C@H]2CCCC[C@H]12. The number of carbonyl (C=O) groups excluding carboxylic acids is 2. The summed E-state index contributed by atoms with van der Waals surface area (Å²) in [5.74, 6) is -0.399. The molecule has 1 aromatic rings. The van der Waals surface area contributed by atoms with Gasteiger partial charge in [0.2, 0.25) is 0 Å². The number of ketones is 1. The van der Waals surface area contributed by atoms with E-state index >= 15 is 0 Å². The summed E-state index contributed by atoms with van der Waals surface area (Å²) in [4.78, 5) is 26.8. The number of fused-ring (bicyclic) bond motifs is 1. The van der Waals surface area contributed by atoms with E-state index in [0.717, 1.165) is 25.7 Å². The predicted molar refractivity (Wildman–Crippen MR) is 87.2 cm³/mol. The minimum atomic E-state index is -3.00. The third-order valence-electron chi connectivity index (χ3n) is 4.79. The third kappa shape index (κ3) is 3.45. The molecule has 1 heterocycles. The Kier molecular flexibility index (Phi) is 5.18. The van der Waals surface area contributed by atoms with Gasteiger partial charge in [0.15, 0.2) is 0 Å². The molecule has 1 aromatic carbocycles. The molecule has 0 bridgehead atoms. The van der Waals surface area contributed by atoms with Crippen LogP contribution < -0.4 is 4.74 Å². The summed E-state index contributed by atoms with van der Waals surface area (Å²) in [6.07, 6.45) is 3.86. The van der Waals surface area contributed by atoms with E-state index in [4.69, 9.17) is 0 Å². The molecule has 0 radical (unpaired) electrons. The van der Waals surface area contributed by atoms with Crippen molar-refractivity contribution >= 4 is 27.6 Å². The fourth-order valence-electron chi connectivity index (χ4n) is 3.72. The molecule has 0 unspecified atom stereocenters. The second kappa shape index (κ2) is 7.17. The Morgan fingerprint density at radius 1 is 1.29 bits per heavy atom. The average Bonchev–Trinajstić information content (AvgIpc) is 2.56. The molecule has 1 amide bonds. The van der Waals surface area contributed by atoms with Crippen molar-refractivity contribution in [3.8, 4) is 5.75 Å². The minimum Gasteiger partial charge on any atom is -0.434 e. The Morgan fingerprint density at radius 3 is 2.79 bits per heavy atom. The first kappa shape index (κ1) is 17.3. The summed E-state index contributed by atoms with van der Waals surface area (Å²) < 4.78 is 30.4. The van der Waals surface area contributed by atoms with Crippen LogP contribution in [0.4, 0.5) is 8.78 Å². The molecule has 3 rings (SSSR count). The Morgan fingerprint density at radius 2 is 2.04 bits per heavy atom. The van der Waals surface area contributed by atoms with Crippen molar-refractivity contribution < 1.29 is 23.1 Å². The van der Waals surface area contributed by atoms with Crippen molar-refractivity contribution in [2.75, 3.05) is 6.54 Å². The number of rotatable bonds is 3. The molecule has 1 saturated carbocycles. The van der Waals surface area contributed by atoms with Crippen molar-refractivity contribution in [1.29, 1.82) is 0 Å². The number of alkyl halides is 2. The van der Waals surface area contributed by atoms with Gasteiger partial charge in [0.05, 0.1) is 5.56 Å². The number of carbonyl (C=O) groups is 2. The number of Topliss-reactive ketones (excluding diaryl/α,β-unsaturated/α-hetero) is 1. The summed E-state index contributed by atoms with van der Waals surface area (Å²) >= 11 is 3.27. The number of benzene rings is 1. The molecule has 2 fully saturated rings. The highest BCUT2D eigenvalue weighted by atomic mass is 79.9. The van der Waals surface area contributed by atoms with Crippen molar-refractivity contribution in [3.05, 3.63) is 28.2 Å². The number of piperidine rings is 1. The minimum absolute atomic E-state index is 0.100. The van der Waals surface area contributed by atoms with Crippen molar-refractivity contribution in [3.63, 3.8) is 0 Å². The standard InChI is InChI=1S/C17H18BrF2NO3/c18-10-5-6-15(24-17(19)20)12(9-10)16(23)21-8-7-14(22)11-3-1-2-4-13(11)21/h5-6,9,11,13,17H,1-4,7-8H2/t11-,13-/m0/s1. The van der Waals surface area contributed by atoms with Crippen LogP contribution in [-0.2, 0) is 4.79 Å². The van der Waals surface area contributed by atoms with Gasteiger partial charge in [0, 0.05) is 29.4 Å². The number of amides is 1. The first-order valence-corrected chi connectivity index (χ1v) is 8.84. The lowest BCUT2D eigenvalue weighted by atomic mass is 9.77. The Balaban J connectivity index is 1.90. The number of hydrogen-bond acceptors (Lipinski definition) is 3. The van der Waals surface area contributed by atoms with Gasteiger partial charge in [-0.25, -0.2) is 0 Å². The Bertz CT molecular complexity index is 653. The van der Waals surface area contributed by atoms with Gasteiger partial charge in [0.1, 0.15) is 11.5 Å². The van der Waals surface area contributed by atoms with E-state index in [0.29, 0.717) is 17.4 Å². The largest absolute Gasteiger partial charge is 0.434 e. The summed E-state index contributed by atoms with van der Waals surface area (Å²) in [6, 6.07) is 4.27. The smallest absolute Gasteiger partial charge is 0.387 e. The second-order valence-electron chi connectivity index (χ2n) is 6.19. The molecular weight excluding hydrogens is 384 g/mol. The van der Waals surface area contributed by atoms with E-state index in [-0.39, 0.29) is 35.0 Å². The lowest BCUT2D eigenvalue weighted by Crippen LogP contribution is -2.53. The quantitative estimate of drug-likeness (QED) is 0.767. The predicted octanol–water partition coefficient (Wildman–Crippen LogP) is 4.02. The summed E-state index contributed by atoms with van der Waals surface area (Å²) in [5, 5.41) is 0. The van der Waals surface area contributed by atoms with Gasteiger partial charge in [-0.05, 0) is 31.0 Å². The monoisotopic (exact) mass is 401 g/mol. The van der Waals surface area contributed by atoms with Crippen LogP contribution in [0.5, 0.6) is 5.75 Å². The molecule has 24 heavy (non-hydrogen) atoms. The number of halogens is 3. The van der Waals surface area contributed by atoms with Gasteiger partial charge < -0.3 is 9.64 Å². The molecule has 0 spiro atoms. The Labute approximate surface area is 147 Å². The molecule has 1 saturated heterocycles. The summed E-state index contributed by atoms with van der Waals surface area (Å²) in [6.45, 7) is -2.66. The van der Waals surface area contributed by atoms with Gasteiger partial charge in [-0.1, -0.05) is 28.8 Å². The molecule has 2 aliphatic rings. The van der Waals surface area contributed by atoms with Gasteiger partial charge in [-0.15, -0.1) is 0 Å². The molecule has 7 heteroatoms. The fraction of sp³-hybridized carbons (Fsp3) is 0.529. The first-order chi connectivity index (χ1) is 11.5. The first-order valence-electron chi connectivity index (χ1n) is 8.05. The molecule has 0 aromatic heterocycles. The normalized spacial score (nSPS) is 24.0. The highest BCUT2D eigenvalue weighted by Gasteiger charge is 2.41. The zero-order valence-corrected chi connectivity index (χ0v) is 14.6. The van der Waals surface area contributed by atoms with Gasteiger partial charge in [0.25, 0.3) is 5.91 Å². The molecule has 1 aliphatic heterocycles. The average molecular weight is 402 g/mol. The zero-order valence-electron chi connectivity index (χ0n) is 13.0. The lowest BCUT2D eigenvalue weighted by molar-refractivity contribution is -0.129. The maximum atomic E-state index is 13.0. The lowest BCUT2D eigenvalue weighted by Gasteiger charge is -2.43. The van der Waals surface area contributed by atoms with E-state index in [1.165, 1.54) is 12.1 Å². The van der Waals surface area contributed by atoms with Crippen LogP contribution in [0, 0.1) is 5.92 Å². The van der Waals surface area contributed by atoms with Crippen molar-refractivity contribution in [2.24, 2.45) is 5.92 Å². The van der Waals surface area contributed by atoms with E-state index < -0.39 is 6.61 Å². The number of hydrogen-bond donors (Lipinski definition) is 0. The van der Waals surface area contributed by atoms with E-state index in [9.17, 15) is 18.4 Å². The zero-order chi connectivity index (χ0) is 17.3. The maximum absolute atomic E-state index is 13.0. The maximum Gasteiger partial charge on any atom is 0.387 e. The fourth-order valence-corrected chi connectivity index (χ4v) is 4.08. The van der Waals surface area contributed by atoms with Gasteiger partial charge in [-0.2, -0.15) is 8.78 Å². The van der Waals surface area contributed by atoms with Crippen LogP contribution in [0.3, 0.4) is 0 Å². The van der Waals surface area contributed by atoms with Crippen LogP contribution in [0.1, 0.15) is 42.5 Å². The van der Waals surface area contributed by atoms with Crippen LogP contribution >= 0.6 is 15.9 Å². The van der Waals surface area contributed by atoms with Gasteiger partial charge in [-0.3, -0.25) is 9.59 Å². The number of ether oxygens (including phenoxy) is 1. The van der Waals surface area contributed by atoms with Crippen molar-refractivity contribution in [1.82, 2.24) is 4.90 Å². The topological polar surface area (TPSA) is 46.6 Å². The molecular formula is C17H18BrF2NO3. The van der Waals surface area contributed by atoms with E-state index in [2.05, 4.69) is 20.7 Å². The number of nitrogens with zero attached hydrogens (tertiary/aromatic N) is 1. The molecule has 130 valence electrons. The molecule has 0 N–H and O–H groups in total. The van der Waals surface area contributed by atoms with Crippen LogP contribution in [-0.4, -0.2) is 35.8 Å². The highest BCUT2D eigenvalue weighted by Crippen LogP contribution is 2.35. The van der Waals surface area contributed by atoms with Crippen molar-refractivity contribution in [2.45, 2.75) is 44.8 Å². The summed E-state index contributed by atoms with van der Waals surface area (Å²) in [7, 11) is 0. The summed E-state index contributed by atoms with van der Waals surface area (Å²) in [5.41, 5.74) is 0.100. The van der Waals surface area contributed by atoms with Crippen LogP contribution in [0.15, 0.2) is 22.7 Å². The van der Waals surface area contributed by atoms with Gasteiger partial charge >= 0.3 is 6.61 Å². The Hall–Kier alpha value is -1.50. The molecule has 1 aliphatic carbocycles.